The zero-order valence-electron chi connectivity index (χ0n) is 7.52. The van der Waals surface area contributed by atoms with Gasteiger partial charge in [0.05, 0.1) is 10.7 Å². The Balaban J connectivity index is 2.85. The molecule has 0 fully saturated rings. The summed E-state index contributed by atoms with van der Waals surface area (Å²) >= 11 is 1.45. The van der Waals surface area contributed by atoms with Crippen LogP contribution in [-0.2, 0) is 4.79 Å². The molecule has 3 N–H and O–H groups in total. The summed E-state index contributed by atoms with van der Waals surface area (Å²) in [5.74, 6) is -0.722. The highest BCUT2D eigenvalue weighted by Gasteiger charge is 2.18. The van der Waals surface area contributed by atoms with Gasteiger partial charge < -0.3 is 10.8 Å². The summed E-state index contributed by atoms with van der Waals surface area (Å²) in [6.45, 7) is 4.02. The Labute approximate surface area is 80.4 Å². The van der Waals surface area contributed by atoms with E-state index in [1.807, 2.05) is 13.8 Å². The van der Waals surface area contributed by atoms with Crippen LogP contribution < -0.4 is 5.73 Å². The Kier molecular flexibility index (Phi) is 3.00. The molecule has 5 heteroatoms. The lowest BCUT2D eigenvalue weighted by molar-refractivity contribution is -0.138. The van der Waals surface area contributed by atoms with Gasteiger partial charge in [0.15, 0.2) is 0 Å². The van der Waals surface area contributed by atoms with Gasteiger partial charge in [-0.1, -0.05) is 13.8 Å². The van der Waals surface area contributed by atoms with Crippen molar-refractivity contribution in [3.8, 4) is 0 Å². The number of thiazole rings is 1. The Morgan fingerprint density at radius 1 is 1.69 bits per heavy atom. The van der Waals surface area contributed by atoms with Crippen molar-refractivity contribution in [2.75, 3.05) is 0 Å². The van der Waals surface area contributed by atoms with Gasteiger partial charge in [-0.15, -0.1) is 11.3 Å². The maximum atomic E-state index is 10.5. The fourth-order valence-corrected chi connectivity index (χ4v) is 1.71. The Morgan fingerprint density at radius 3 is 2.69 bits per heavy atom. The monoisotopic (exact) mass is 200 g/mol. The van der Waals surface area contributed by atoms with Crippen LogP contribution in [0.4, 0.5) is 0 Å². The molecule has 1 rings (SSSR count). The van der Waals surface area contributed by atoms with Gasteiger partial charge in [-0.25, -0.2) is 4.98 Å². The van der Waals surface area contributed by atoms with Crippen LogP contribution in [0.1, 0.15) is 36.5 Å². The van der Waals surface area contributed by atoms with E-state index in [1.165, 1.54) is 11.3 Å². The minimum atomic E-state index is -1.04. The number of aliphatic carboxylic acids is 1. The third-order valence-corrected chi connectivity index (χ3v) is 2.78. The van der Waals surface area contributed by atoms with E-state index in [2.05, 4.69) is 4.98 Å². The van der Waals surface area contributed by atoms with Crippen molar-refractivity contribution in [3.05, 3.63) is 16.1 Å². The molecule has 1 aromatic rings. The maximum Gasteiger partial charge on any atom is 0.326 e. The topological polar surface area (TPSA) is 76.2 Å². The number of rotatable bonds is 3. The third-order valence-electron chi connectivity index (χ3n) is 1.62. The van der Waals surface area contributed by atoms with Crippen LogP contribution in [0.15, 0.2) is 5.38 Å². The summed E-state index contributed by atoms with van der Waals surface area (Å²) in [5.41, 5.74) is 5.84. The normalized spacial score (nSPS) is 13.2. The molecule has 0 aromatic carbocycles. The first-order valence-corrected chi connectivity index (χ1v) is 4.84. The second-order valence-corrected chi connectivity index (χ2v) is 3.97. The third kappa shape index (κ3) is 2.26. The summed E-state index contributed by atoms with van der Waals surface area (Å²) in [5, 5.41) is 11.2. The van der Waals surface area contributed by atoms with E-state index in [1.54, 1.807) is 5.38 Å². The van der Waals surface area contributed by atoms with E-state index in [0.29, 0.717) is 11.6 Å². The molecule has 1 heterocycles. The van der Waals surface area contributed by atoms with Crippen LogP contribution in [0.5, 0.6) is 0 Å². The first kappa shape index (κ1) is 10.1. The number of carbonyl (C=O) groups is 1. The number of nitrogens with zero attached hydrogens (tertiary/aromatic N) is 1. The molecule has 0 aliphatic heterocycles. The van der Waals surface area contributed by atoms with Crippen molar-refractivity contribution in [1.82, 2.24) is 4.98 Å². The number of carboxylic acid groups (broad SMARTS) is 1. The van der Waals surface area contributed by atoms with Crippen molar-refractivity contribution in [2.45, 2.75) is 25.8 Å². The molecule has 1 atom stereocenters. The second kappa shape index (κ2) is 3.85. The zero-order chi connectivity index (χ0) is 10.0. The molecule has 0 saturated heterocycles. The fraction of sp³-hybridized carbons (Fsp3) is 0.500. The molecule has 0 spiro atoms. The number of aromatic nitrogens is 1. The average molecular weight is 200 g/mol. The molecule has 0 saturated carbocycles. The van der Waals surface area contributed by atoms with Gasteiger partial charge >= 0.3 is 5.97 Å². The quantitative estimate of drug-likeness (QED) is 0.772. The first-order chi connectivity index (χ1) is 6.02. The van der Waals surface area contributed by atoms with Crippen LogP contribution in [0.3, 0.4) is 0 Å². The highest BCUT2D eigenvalue weighted by Crippen LogP contribution is 2.21. The largest absolute Gasteiger partial charge is 0.480 e. The van der Waals surface area contributed by atoms with Crippen molar-refractivity contribution in [1.29, 1.82) is 0 Å². The maximum absolute atomic E-state index is 10.5. The molecule has 0 aliphatic carbocycles. The first-order valence-electron chi connectivity index (χ1n) is 3.96. The smallest absolute Gasteiger partial charge is 0.326 e. The van der Waals surface area contributed by atoms with Crippen molar-refractivity contribution >= 4 is 17.3 Å². The van der Waals surface area contributed by atoms with E-state index in [0.717, 1.165) is 5.01 Å². The second-order valence-electron chi connectivity index (χ2n) is 3.08. The molecule has 0 bridgehead atoms. The van der Waals surface area contributed by atoms with E-state index >= 15 is 0 Å². The summed E-state index contributed by atoms with van der Waals surface area (Å²) < 4.78 is 0. The molecule has 0 radical (unpaired) electrons. The summed E-state index contributed by atoms with van der Waals surface area (Å²) in [7, 11) is 0. The zero-order valence-corrected chi connectivity index (χ0v) is 8.34. The predicted octanol–water partition coefficient (Wildman–Crippen LogP) is 1.35. The van der Waals surface area contributed by atoms with Gasteiger partial charge in [-0.05, 0) is 0 Å². The molecule has 1 aromatic heterocycles. The van der Waals surface area contributed by atoms with Gasteiger partial charge in [0.25, 0.3) is 0 Å². The van der Waals surface area contributed by atoms with Gasteiger partial charge in [-0.3, -0.25) is 4.79 Å². The van der Waals surface area contributed by atoms with Gasteiger partial charge in [-0.2, -0.15) is 0 Å². The Morgan fingerprint density at radius 2 is 2.31 bits per heavy atom. The minimum absolute atomic E-state index is 0.319. The molecular weight excluding hydrogens is 188 g/mol. The minimum Gasteiger partial charge on any atom is -0.480 e. The van der Waals surface area contributed by atoms with Crippen LogP contribution in [-0.4, -0.2) is 16.1 Å². The van der Waals surface area contributed by atoms with Crippen molar-refractivity contribution < 1.29 is 9.90 Å². The van der Waals surface area contributed by atoms with E-state index in [9.17, 15) is 4.79 Å². The summed E-state index contributed by atoms with van der Waals surface area (Å²) in [6, 6.07) is -0.997. The average Bonchev–Trinajstić information content (AvgIpc) is 2.50. The molecule has 0 unspecified atom stereocenters. The fourth-order valence-electron chi connectivity index (χ4n) is 0.835. The number of hydrogen-bond donors (Lipinski definition) is 2. The van der Waals surface area contributed by atoms with Crippen molar-refractivity contribution in [3.63, 3.8) is 0 Å². The van der Waals surface area contributed by atoms with Gasteiger partial charge in [0.1, 0.15) is 6.04 Å². The molecule has 13 heavy (non-hydrogen) atoms. The van der Waals surface area contributed by atoms with Gasteiger partial charge in [0, 0.05) is 11.3 Å². The highest BCUT2D eigenvalue weighted by atomic mass is 32.1. The molecule has 0 aliphatic rings. The highest BCUT2D eigenvalue weighted by molar-refractivity contribution is 7.09. The molecule has 72 valence electrons. The SMILES string of the molecule is CC(C)c1nc([C@H](N)C(=O)O)cs1. The Hall–Kier alpha value is -0.940. The predicted molar refractivity (Wildman–Crippen MR) is 50.8 cm³/mol. The summed E-state index contributed by atoms with van der Waals surface area (Å²) in [4.78, 5) is 14.7. The number of carboxylic acids is 1. The van der Waals surface area contributed by atoms with Crippen LogP contribution in [0.25, 0.3) is 0 Å². The standard InChI is InChI=1S/C8H12N2O2S/c1-4(2)7-10-5(3-13-7)6(9)8(11)12/h3-4,6H,9H2,1-2H3,(H,11,12)/t6-/m0/s1. The number of hydrogen-bond acceptors (Lipinski definition) is 4. The lowest BCUT2D eigenvalue weighted by Crippen LogP contribution is -2.20. The lowest BCUT2D eigenvalue weighted by atomic mass is 10.2. The Bertz CT molecular complexity index is 309. The molecule has 0 amide bonds. The van der Waals surface area contributed by atoms with E-state index < -0.39 is 12.0 Å². The molecule has 4 nitrogen and oxygen atoms in total. The number of nitrogens with two attached hydrogens (primary N) is 1. The van der Waals surface area contributed by atoms with E-state index in [4.69, 9.17) is 10.8 Å². The van der Waals surface area contributed by atoms with Crippen LogP contribution >= 0.6 is 11.3 Å². The van der Waals surface area contributed by atoms with Crippen molar-refractivity contribution in [2.24, 2.45) is 5.73 Å². The van der Waals surface area contributed by atoms with E-state index in [-0.39, 0.29) is 0 Å². The summed E-state index contributed by atoms with van der Waals surface area (Å²) in [6.07, 6.45) is 0. The van der Waals surface area contributed by atoms with Crippen LogP contribution in [0, 0.1) is 0 Å². The van der Waals surface area contributed by atoms with Gasteiger partial charge in [0.2, 0.25) is 0 Å². The lowest BCUT2D eigenvalue weighted by Gasteiger charge is -2.01. The van der Waals surface area contributed by atoms with Crippen LogP contribution in [0.2, 0.25) is 0 Å². The molecular formula is C8H12N2O2S.